The van der Waals surface area contributed by atoms with Crippen LogP contribution in [0.2, 0.25) is 0 Å². The molecule has 4 rings (SSSR count). The smallest absolute Gasteiger partial charge is 0.270 e. The van der Waals surface area contributed by atoms with Gasteiger partial charge >= 0.3 is 0 Å². The number of carbonyl (C=O) groups excluding carboxylic acids is 1. The Labute approximate surface area is 175 Å². The second-order valence-electron chi connectivity index (χ2n) is 6.80. The van der Waals surface area contributed by atoms with Gasteiger partial charge in [-0.1, -0.05) is 78.9 Å². The summed E-state index contributed by atoms with van der Waals surface area (Å²) in [4.78, 5) is 17.8. The number of rotatable bonds is 6. The third kappa shape index (κ3) is 4.15. The summed E-state index contributed by atoms with van der Waals surface area (Å²) in [5, 5.41) is 4.04. The van der Waals surface area contributed by atoms with Crippen molar-refractivity contribution in [2.75, 3.05) is 5.88 Å². The zero-order valence-electron chi connectivity index (χ0n) is 15.9. The van der Waals surface area contributed by atoms with E-state index in [0.29, 0.717) is 24.5 Å². The molecule has 29 heavy (non-hydrogen) atoms. The minimum Gasteiger partial charge on any atom is -0.347 e. The van der Waals surface area contributed by atoms with Crippen molar-refractivity contribution in [1.29, 1.82) is 0 Å². The Morgan fingerprint density at radius 2 is 1.52 bits per heavy atom. The van der Waals surface area contributed by atoms with Crippen LogP contribution in [0, 0.1) is 0 Å². The van der Waals surface area contributed by atoms with Crippen molar-refractivity contribution in [3.05, 3.63) is 102 Å². The molecule has 1 heterocycles. The molecule has 4 aromatic rings. The topological polar surface area (TPSA) is 42.0 Å². The molecule has 144 valence electrons. The molecule has 0 atom stereocenters. The summed E-state index contributed by atoms with van der Waals surface area (Å²) < 4.78 is 0. The van der Waals surface area contributed by atoms with Gasteiger partial charge in [0.25, 0.3) is 5.91 Å². The fourth-order valence-corrected chi connectivity index (χ4v) is 3.76. The maximum atomic E-state index is 13.1. The van der Waals surface area contributed by atoms with Gasteiger partial charge in [0.15, 0.2) is 0 Å². The van der Waals surface area contributed by atoms with Crippen molar-refractivity contribution in [2.24, 2.45) is 0 Å². The third-order valence-electron chi connectivity index (χ3n) is 4.91. The van der Waals surface area contributed by atoms with Crippen LogP contribution < -0.4 is 5.32 Å². The number of carbonyl (C=O) groups is 1. The van der Waals surface area contributed by atoms with Crippen LogP contribution in [0.15, 0.2) is 84.9 Å². The summed E-state index contributed by atoms with van der Waals surface area (Å²) in [5.74, 6) is 0.232. The lowest BCUT2D eigenvalue weighted by molar-refractivity contribution is 0.0945. The highest BCUT2D eigenvalue weighted by molar-refractivity contribution is 6.18. The van der Waals surface area contributed by atoms with Gasteiger partial charge in [-0.15, -0.1) is 11.6 Å². The Morgan fingerprint density at radius 3 is 2.24 bits per heavy atom. The maximum Gasteiger partial charge on any atom is 0.270 e. The molecular formula is C25H21ClN2O. The highest BCUT2D eigenvalue weighted by Crippen LogP contribution is 2.33. The number of alkyl halides is 1. The van der Waals surface area contributed by atoms with Crippen molar-refractivity contribution in [3.63, 3.8) is 0 Å². The quantitative estimate of drug-likeness (QED) is 0.427. The van der Waals surface area contributed by atoms with E-state index in [1.54, 1.807) is 0 Å². The first-order valence-electron chi connectivity index (χ1n) is 9.63. The average molecular weight is 401 g/mol. The van der Waals surface area contributed by atoms with E-state index >= 15 is 0 Å². The van der Waals surface area contributed by atoms with Crippen molar-refractivity contribution < 1.29 is 4.79 Å². The van der Waals surface area contributed by atoms with E-state index < -0.39 is 0 Å². The second kappa shape index (κ2) is 8.89. The van der Waals surface area contributed by atoms with Gasteiger partial charge in [-0.25, -0.2) is 4.98 Å². The first-order chi connectivity index (χ1) is 14.3. The van der Waals surface area contributed by atoms with Gasteiger partial charge < -0.3 is 5.32 Å². The van der Waals surface area contributed by atoms with E-state index in [1.165, 1.54) is 0 Å². The Hall–Kier alpha value is -3.17. The molecule has 0 bridgehead atoms. The Bertz CT molecular complexity index is 1130. The molecule has 1 aromatic heterocycles. The van der Waals surface area contributed by atoms with E-state index in [-0.39, 0.29) is 5.91 Å². The third-order valence-corrected chi connectivity index (χ3v) is 5.10. The van der Waals surface area contributed by atoms with Gasteiger partial charge in [-0.05, 0) is 34.7 Å². The van der Waals surface area contributed by atoms with Crippen LogP contribution in [0.4, 0.5) is 0 Å². The number of nitrogens with zero attached hydrogens (tertiary/aromatic N) is 1. The molecule has 1 amide bonds. The molecule has 3 nitrogen and oxygen atoms in total. The van der Waals surface area contributed by atoms with Crippen LogP contribution in [0.3, 0.4) is 0 Å². The Morgan fingerprint density at radius 1 is 0.862 bits per heavy atom. The minimum atomic E-state index is -0.183. The van der Waals surface area contributed by atoms with Crippen LogP contribution in [-0.2, 0) is 13.0 Å². The summed E-state index contributed by atoms with van der Waals surface area (Å²) in [6, 6.07) is 27.9. The minimum absolute atomic E-state index is 0.183. The largest absolute Gasteiger partial charge is 0.347 e. The van der Waals surface area contributed by atoms with Crippen molar-refractivity contribution >= 4 is 28.4 Å². The number of nitrogens with one attached hydrogen (secondary N) is 1. The van der Waals surface area contributed by atoms with Crippen LogP contribution in [0.5, 0.6) is 0 Å². The van der Waals surface area contributed by atoms with Gasteiger partial charge in [-0.2, -0.15) is 0 Å². The number of aromatic nitrogens is 1. The average Bonchev–Trinajstić information content (AvgIpc) is 2.78. The predicted molar refractivity (Wildman–Crippen MR) is 119 cm³/mol. The van der Waals surface area contributed by atoms with Gasteiger partial charge in [0, 0.05) is 17.8 Å². The van der Waals surface area contributed by atoms with Gasteiger partial charge in [0.05, 0.1) is 5.52 Å². The predicted octanol–water partition coefficient (Wildman–Crippen LogP) is 5.61. The van der Waals surface area contributed by atoms with Crippen molar-refractivity contribution in [3.8, 4) is 11.1 Å². The van der Waals surface area contributed by atoms with E-state index in [0.717, 1.165) is 33.2 Å². The lowest BCUT2D eigenvalue weighted by atomic mass is 9.92. The number of hydrogen-bond donors (Lipinski definition) is 1. The second-order valence-corrected chi connectivity index (χ2v) is 7.18. The van der Waals surface area contributed by atoms with Gasteiger partial charge in [0.2, 0.25) is 0 Å². The van der Waals surface area contributed by atoms with Crippen LogP contribution in [0.1, 0.15) is 21.6 Å². The molecule has 0 aliphatic heterocycles. The molecule has 4 heteroatoms. The van der Waals surface area contributed by atoms with Crippen LogP contribution in [0.25, 0.3) is 22.0 Å². The number of fused-ring (bicyclic) bond motifs is 1. The molecule has 0 radical (unpaired) electrons. The van der Waals surface area contributed by atoms with Crippen LogP contribution in [-0.4, -0.2) is 16.8 Å². The highest BCUT2D eigenvalue weighted by Gasteiger charge is 2.20. The number of para-hydroxylation sites is 1. The number of amides is 1. The molecule has 0 unspecified atom stereocenters. The maximum absolute atomic E-state index is 13.1. The molecule has 0 aliphatic rings. The number of pyridine rings is 1. The van der Waals surface area contributed by atoms with E-state index in [9.17, 15) is 4.79 Å². The zero-order valence-corrected chi connectivity index (χ0v) is 16.7. The normalized spacial score (nSPS) is 10.8. The van der Waals surface area contributed by atoms with Gasteiger partial charge in [0.1, 0.15) is 5.69 Å². The molecule has 1 N–H and O–H groups in total. The molecule has 0 spiro atoms. The summed E-state index contributed by atoms with van der Waals surface area (Å²) >= 11 is 6.14. The number of hydrogen-bond acceptors (Lipinski definition) is 2. The highest BCUT2D eigenvalue weighted by atomic mass is 35.5. The van der Waals surface area contributed by atoms with Gasteiger partial charge in [-0.3, -0.25) is 4.79 Å². The summed E-state index contributed by atoms with van der Waals surface area (Å²) in [7, 11) is 0. The first-order valence-corrected chi connectivity index (χ1v) is 10.2. The molecule has 0 aliphatic carbocycles. The first kappa shape index (κ1) is 19.2. The summed E-state index contributed by atoms with van der Waals surface area (Å²) in [6.07, 6.45) is 0.567. The van der Waals surface area contributed by atoms with Crippen LogP contribution >= 0.6 is 11.6 Å². The molecule has 0 fully saturated rings. The standard InChI is InChI=1S/C25H21ClN2O/c26-16-15-21-23(19-11-5-2-6-12-19)20-13-7-8-14-22(20)28-24(21)25(29)27-17-18-9-3-1-4-10-18/h1-14H,15-17H2,(H,27,29). The summed E-state index contributed by atoms with van der Waals surface area (Å²) in [6.45, 7) is 0.454. The summed E-state index contributed by atoms with van der Waals surface area (Å²) in [5.41, 5.74) is 5.26. The Kier molecular flexibility index (Phi) is 5.87. The lowest BCUT2D eigenvalue weighted by Gasteiger charge is -2.17. The fraction of sp³-hybridized carbons (Fsp3) is 0.120. The van der Waals surface area contributed by atoms with Crippen molar-refractivity contribution in [2.45, 2.75) is 13.0 Å². The monoisotopic (exact) mass is 400 g/mol. The molecule has 0 saturated carbocycles. The fourth-order valence-electron chi connectivity index (χ4n) is 3.57. The number of halogens is 1. The Balaban J connectivity index is 1.82. The molecular weight excluding hydrogens is 380 g/mol. The molecule has 3 aromatic carbocycles. The van der Waals surface area contributed by atoms with E-state index in [2.05, 4.69) is 17.4 Å². The van der Waals surface area contributed by atoms with E-state index in [4.69, 9.17) is 16.6 Å². The zero-order chi connectivity index (χ0) is 20.1. The van der Waals surface area contributed by atoms with Crippen molar-refractivity contribution in [1.82, 2.24) is 10.3 Å². The lowest BCUT2D eigenvalue weighted by Crippen LogP contribution is -2.25. The molecule has 0 saturated heterocycles. The number of benzene rings is 3. The van der Waals surface area contributed by atoms with E-state index in [1.807, 2.05) is 72.8 Å². The SMILES string of the molecule is O=C(NCc1ccccc1)c1nc2ccccc2c(-c2ccccc2)c1CCCl.